The molecule has 0 aliphatic carbocycles. The summed E-state index contributed by atoms with van der Waals surface area (Å²) in [6.07, 6.45) is 0. The summed E-state index contributed by atoms with van der Waals surface area (Å²) < 4.78 is 0. The van der Waals surface area contributed by atoms with Crippen molar-refractivity contribution in [3.63, 3.8) is 0 Å². The Morgan fingerprint density at radius 3 is 0.900 bits per heavy atom. The van der Waals surface area contributed by atoms with E-state index in [0.717, 1.165) is 7.11 Å². The first-order valence-corrected chi connectivity index (χ1v) is 5.62. The second-order valence-corrected chi connectivity index (χ2v) is 6.51. The minimum Gasteiger partial charge on any atom is -0.433 e. The molecule has 0 aromatic heterocycles. The smallest absolute Gasteiger partial charge is 0.179 e. The van der Waals surface area contributed by atoms with Gasteiger partial charge in [0.25, 0.3) is 0 Å². The Morgan fingerprint density at radius 1 is 0.900 bits per heavy atom. The van der Waals surface area contributed by atoms with E-state index in [9.17, 15) is 0 Å². The van der Waals surface area contributed by atoms with Crippen molar-refractivity contribution in [2.45, 2.75) is 19.6 Å². The van der Waals surface area contributed by atoms with Crippen LogP contribution in [0.2, 0.25) is 19.6 Å². The maximum atomic E-state index is 8.66. The Morgan fingerprint density at radius 2 is 0.900 bits per heavy atom. The van der Waals surface area contributed by atoms with Crippen LogP contribution in [0.5, 0.6) is 0 Å². The van der Waals surface area contributed by atoms with E-state index >= 15 is 0 Å². The van der Waals surface area contributed by atoms with E-state index in [4.69, 9.17) is 9.90 Å². The van der Waals surface area contributed by atoms with E-state index in [-0.39, 0.29) is 32.7 Å². The molecule has 0 aliphatic rings. The molecule has 0 rings (SSSR count). The van der Waals surface area contributed by atoms with Crippen LogP contribution in [-0.2, 0) is 21.7 Å². The minimum absolute atomic E-state index is 0. The summed E-state index contributed by atoms with van der Waals surface area (Å²) in [5.41, 5.74) is 0. The molecule has 0 heterocycles. The molecule has 0 atom stereocenters. The number of hydrogen-bond acceptors (Lipinski definition) is 2. The Labute approximate surface area is 77.9 Å². The van der Waals surface area contributed by atoms with Gasteiger partial charge in [-0.25, -0.2) is 0 Å². The summed E-state index contributed by atoms with van der Waals surface area (Å²) in [5, 5.41) is 7.00. The molecule has 0 saturated carbocycles. The molecule has 0 amide bonds. The SMILES string of the molecule is CO.C[Si](C)(C)O.O.O.[Ti]. The number of aliphatic hydroxyl groups is 1. The van der Waals surface area contributed by atoms with Crippen molar-refractivity contribution in [3.8, 4) is 0 Å². The van der Waals surface area contributed by atoms with Crippen LogP contribution in [0.1, 0.15) is 0 Å². The van der Waals surface area contributed by atoms with Crippen LogP contribution in [-0.4, -0.2) is 36.3 Å². The molecule has 0 bridgehead atoms. The first-order valence-electron chi connectivity index (χ1n) is 2.17. The minimum atomic E-state index is -1.61. The van der Waals surface area contributed by atoms with Crippen molar-refractivity contribution >= 4 is 8.32 Å². The van der Waals surface area contributed by atoms with Crippen molar-refractivity contribution < 1.29 is 42.6 Å². The maximum Gasteiger partial charge on any atom is 0.179 e. The second kappa shape index (κ2) is 16.4. The average molecular weight is 206 g/mol. The summed E-state index contributed by atoms with van der Waals surface area (Å²) in [5.74, 6) is 0. The van der Waals surface area contributed by atoms with Gasteiger partial charge in [0.1, 0.15) is 0 Å². The standard InChI is InChI=1S/C3H10OSi.CH4O.2H2O.Ti/c1-5(2,3)4;1-2;;;/h4H,1-3H3;2H,1H3;2*1H2;. The summed E-state index contributed by atoms with van der Waals surface area (Å²) in [4.78, 5) is 8.66. The van der Waals surface area contributed by atoms with Crippen LogP contribution >= 0.6 is 0 Å². The zero-order chi connectivity index (χ0) is 6.50. The van der Waals surface area contributed by atoms with Crippen LogP contribution in [0.3, 0.4) is 0 Å². The van der Waals surface area contributed by atoms with Gasteiger partial charge in [-0.15, -0.1) is 0 Å². The van der Waals surface area contributed by atoms with Crippen molar-refractivity contribution in [2.24, 2.45) is 0 Å². The molecule has 0 unspecified atom stereocenters. The zero-order valence-electron chi connectivity index (χ0n) is 6.89. The Hall–Kier alpha value is 0.771. The number of hydrogen-bond donors (Lipinski definition) is 2. The molecule has 0 aliphatic heterocycles. The molecular formula is C4H18O4SiTi. The normalized spacial score (nSPS) is 6.60. The molecule has 4 nitrogen and oxygen atoms in total. The van der Waals surface area contributed by atoms with Gasteiger partial charge in [0.05, 0.1) is 0 Å². The van der Waals surface area contributed by atoms with E-state index in [0.29, 0.717) is 0 Å². The number of aliphatic hydroxyl groups excluding tert-OH is 1. The summed E-state index contributed by atoms with van der Waals surface area (Å²) in [6, 6.07) is 0. The predicted molar refractivity (Wildman–Crippen MR) is 40.9 cm³/mol. The van der Waals surface area contributed by atoms with Gasteiger partial charge in [0.15, 0.2) is 8.32 Å². The van der Waals surface area contributed by atoms with Crippen molar-refractivity contribution in [2.75, 3.05) is 7.11 Å². The van der Waals surface area contributed by atoms with Gasteiger partial charge < -0.3 is 20.9 Å². The Kier molecular flexibility index (Phi) is 50.6. The van der Waals surface area contributed by atoms with E-state index in [2.05, 4.69) is 0 Å². The van der Waals surface area contributed by atoms with Gasteiger partial charge in [0.2, 0.25) is 0 Å². The van der Waals surface area contributed by atoms with Gasteiger partial charge in [-0.1, -0.05) is 0 Å². The molecule has 6 N–H and O–H groups in total. The van der Waals surface area contributed by atoms with Crippen molar-refractivity contribution in [3.05, 3.63) is 0 Å². The van der Waals surface area contributed by atoms with Crippen LogP contribution < -0.4 is 0 Å². The summed E-state index contributed by atoms with van der Waals surface area (Å²) in [6.45, 7) is 5.65. The van der Waals surface area contributed by atoms with Gasteiger partial charge >= 0.3 is 0 Å². The molecule has 0 aromatic rings. The van der Waals surface area contributed by atoms with Crippen LogP contribution in [0.15, 0.2) is 0 Å². The Bertz CT molecular complexity index is 32.7. The van der Waals surface area contributed by atoms with Crippen molar-refractivity contribution in [1.82, 2.24) is 0 Å². The summed E-state index contributed by atoms with van der Waals surface area (Å²) >= 11 is 0. The maximum absolute atomic E-state index is 8.66. The van der Waals surface area contributed by atoms with E-state index < -0.39 is 8.32 Å². The van der Waals surface area contributed by atoms with Crippen molar-refractivity contribution in [1.29, 1.82) is 0 Å². The third kappa shape index (κ3) is 891. The number of rotatable bonds is 0. The van der Waals surface area contributed by atoms with E-state index in [1.807, 2.05) is 19.6 Å². The fourth-order valence-corrected chi connectivity index (χ4v) is 0. The molecule has 66 valence electrons. The molecule has 0 radical (unpaired) electrons. The monoisotopic (exact) mass is 206 g/mol. The molecule has 10 heavy (non-hydrogen) atoms. The second-order valence-electron chi connectivity index (χ2n) is 2.17. The quantitative estimate of drug-likeness (QED) is 0.484. The molecule has 6 heteroatoms. The largest absolute Gasteiger partial charge is 0.433 e. The van der Waals surface area contributed by atoms with Crippen LogP contribution in [0, 0.1) is 0 Å². The predicted octanol–water partition coefficient (Wildman–Crippen LogP) is -1.23. The van der Waals surface area contributed by atoms with Gasteiger partial charge in [-0.2, -0.15) is 0 Å². The Balaban J connectivity index is -0.0000000154. The topological polar surface area (TPSA) is 103 Å². The molecular weight excluding hydrogens is 188 g/mol. The zero-order valence-corrected chi connectivity index (χ0v) is 9.46. The molecule has 0 aromatic carbocycles. The van der Waals surface area contributed by atoms with Crippen LogP contribution in [0.25, 0.3) is 0 Å². The van der Waals surface area contributed by atoms with Gasteiger partial charge in [-0.05, 0) is 19.6 Å². The first-order chi connectivity index (χ1) is 3.00. The molecule has 0 saturated heterocycles. The van der Waals surface area contributed by atoms with E-state index in [1.54, 1.807) is 0 Å². The molecule has 0 fully saturated rings. The van der Waals surface area contributed by atoms with Gasteiger partial charge in [0, 0.05) is 28.8 Å². The van der Waals surface area contributed by atoms with E-state index in [1.165, 1.54) is 0 Å². The molecule has 0 spiro atoms. The van der Waals surface area contributed by atoms with Crippen LogP contribution in [0.4, 0.5) is 0 Å². The fourth-order valence-electron chi connectivity index (χ4n) is 0. The first kappa shape index (κ1) is 30.9. The third-order valence-electron chi connectivity index (χ3n) is 0. The third-order valence-corrected chi connectivity index (χ3v) is 0. The van der Waals surface area contributed by atoms with Gasteiger partial charge in [-0.3, -0.25) is 0 Å². The average Bonchev–Trinajstić information content (AvgIpc) is 1.36. The fraction of sp³-hybridized carbons (Fsp3) is 1.00. The summed E-state index contributed by atoms with van der Waals surface area (Å²) in [7, 11) is -0.611.